The van der Waals surface area contributed by atoms with Gasteiger partial charge in [-0.2, -0.15) is 0 Å². The molecule has 2 N–H and O–H groups in total. The molecular formula is C15H15ClFNO. The van der Waals surface area contributed by atoms with E-state index in [2.05, 4.69) is 0 Å². The lowest BCUT2D eigenvalue weighted by Gasteiger charge is -2.14. The highest BCUT2D eigenvalue weighted by atomic mass is 35.5. The van der Waals surface area contributed by atoms with Gasteiger partial charge < -0.3 is 10.5 Å². The molecule has 0 radical (unpaired) electrons. The number of hydrogen-bond acceptors (Lipinski definition) is 2. The lowest BCUT2D eigenvalue weighted by molar-refractivity contribution is 0.287. The Bertz CT molecular complexity index is 533. The number of nitrogens with two attached hydrogens (primary N) is 1. The molecule has 0 bridgehead atoms. The molecule has 0 heterocycles. The van der Waals surface area contributed by atoms with Crippen LogP contribution in [0.1, 0.15) is 5.56 Å². The third kappa shape index (κ3) is 4.23. The number of benzene rings is 2. The summed E-state index contributed by atoms with van der Waals surface area (Å²) in [4.78, 5) is 0. The van der Waals surface area contributed by atoms with E-state index in [1.165, 1.54) is 12.1 Å². The molecule has 0 aromatic heterocycles. The van der Waals surface area contributed by atoms with Crippen molar-refractivity contribution in [2.45, 2.75) is 12.5 Å². The molecule has 0 aliphatic heterocycles. The van der Waals surface area contributed by atoms with Crippen LogP contribution in [0.4, 0.5) is 4.39 Å². The Hall–Kier alpha value is -1.58. The van der Waals surface area contributed by atoms with Crippen LogP contribution < -0.4 is 10.5 Å². The molecular weight excluding hydrogens is 265 g/mol. The van der Waals surface area contributed by atoms with Crippen molar-refractivity contribution in [3.63, 3.8) is 0 Å². The molecule has 1 unspecified atom stereocenters. The van der Waals surface area contributed by atoms with Gasteiger partial charge in [0.05, 0.1) is 0 Å². The molecule has 19 heavy (non-hydrogen) atoms. The van der Waals surface area contributed by atoms with E-state index in [4.69, 9.17) is 22.1 Å². The fraction of sp³-hybridized carbons (Fsp3) is 0.200. The highest BCUT2D eigenvalue weighted by Crippen LogP contribution is 2.16. The molecule has 4 heteroatoms. The molecule has 2 nitrogen and oxygen atoms in total. The van der Waals surface area contributed by atoms with E-state index in [1.807, 2.05) is 30.3 Å². The smallest absolute Gasteiger partial charge is 0.126 e. The Balaban J connectivity index is 1.90. The van der Waals surface area contributed by atoms with Gasteiger partial charge in [0.25, 0.3) is 0 Å². The molecule has 0 saturated carbocycles. The van der Waals surface area contributed by atoms with Crippen LogP contribution in [0, 0.1) is 5.82 Å². The highest BCUT2D eigenvalue weighted by Gasteiger charge is 2.09. The topological polar surface area (TPSA) is 35.2 Å². The van der Waals surface area contributed by atoms with Gasteiger partial charge in [0, 0.05) is 11.1 Å². The second-order valence-corrected chi connectivity index (χ2v) is 4.76. The molecule has 0 aliphatic rings. The summed E-state index contributed by atoms with van der Waals surface area (Å²) in [5.74, 6) is 0.462. The Morgan fingerprint density at radius 3 is 2.63 bits per heavy atom. The monoisotopic (exact) mass is 279 g/mol. The van der Waals surface area contributed by atoms with Crippen molar-refractivity contribution in [2.75, 3.05) is 6.61 Å². The number of para-hydroxylation sites is 1. The van der Waals surface area contributed by atoms with Crippen LogP contribution in [0.25, 0.3) is 0 Å². The zero-order chi connectivity index (χ0) is 13.7. The summed E-state index contributed by atoms with van der Waals surface area (Å²) in [5, 5.41) is 0.507. The number of hydrogen-bond donors (Lipinski definition) is 1. The van der Waals surface area contributed by atoms with Gasteiger partial charge in [-0.1, -0.05) is 29.8 Å². The van der Waals surface area contributed by atoms with E-state index in [9.17, 15) is 4.39 Å². The number of ether oxygens (including phenoxy) is 1. The maximum atomic E-state index is 13.5. The van der Waals surface area contributed by atoms with E-state index in [-0.39, 0.29) is 11.9 Å². The SMILES string of the molecule is NC(COc1ccccc1)Cc1cc(Cl)ccc1F. The second-order valence-electron chi connectivity index (χ2n) is 4.32. The Morgan fingerprint density at radius 1 is 1.16 bits per heavy atom. The number of rotatable bonds is 5. The summed E-state index contributed by atoms with van der Waals surface area (Å²) in [6.45, 7) is 0.329. The highest BCUT2D eigenvalue weighted by molar-refractivity contribution is 6.30. The lowest BCUT2D eigenvalue weighted by atomic mass is 10.1. The predicted molar refractivity (Wildman–Crippen MR) is 75.0 cm³/mol. The summed E-state index contributed by atoms with van der Waals surface area (Å²) in [6.07, 6.45) is 0.388. The zero-order valence-corrected chi connectivity index (χ0v) is 11.1. The van der Waals surface area contributed by atoms with Gasteiger partial charge in [-0.15, -0.1) is 0 Å². The molecule has 1 atom stereocenters. The van der Waals surface area contributed by atoms with Gasteiger partial charge in [-0.25, -0.2) is 4.39 Å². The molecule has 0 fully saturated rings. The van der Waals surface area contributed by atoms with Crippen LogP contribution in [0.5, 0.6) is 5.75 Å². The van der Waals surface area contributed by atoms with E-state index < -0.39 is 0 Å². The lowest BCUT2D eigenvalue weighted by Crippen LogP contribution is -2.30. The first-order valence-electron chi connectivity index (χ1n) is 6.02. The first-order chi connectivity index (χ1) is 9.15. The first-order valence-corrected chi connectivity index (χ1v) is 6.40. The van der Waals surface area contributed by atoms with E-state index in [0.717, 1.165) is 5.75 Å². The maximum absolute atomic E-state index is 13.5. The van der Waals surface area contributed by atoms with Crippen LogP contribution in [0.2, 0.25) is 5.02 Å². The van der Waals surface area contributed by atoms with E-state index in [0.29, 0.717) is 23.6 Å². The molecule has 100 valence electrons. The normalized spacial score (nSPS) is 12.2. The summed E-state index contributed by atoms with van der Waals surface area (Å²) in [7, 11) is 0. The Kier molecular flexibility index (Phi) is 4.77. The molecule has 0 spiro atoms. The van der Waals surface area contributed by atoms with Crippen LogP contribution in [0.3, 0.4) is 0 Å². The van der Waals surface area contributed by atoms with Crippen molar-refractivity contribution in [3.8, 4) is 5.75 Å². The van der Waals surface area contributed by atoms with Crippen LogP contribution >= 0.6 is 11.6 Å². The van der Waals surface area contributed by atoms with Crippen molar-refractivity contribution >= 4 is 11.6 Å². The molecule has 2 aromatic carbocycles. The van der Waals surface area contributed by atoms with Gasteiger partial charge in [0.15, 0.2) is 0 Å². The minimum Gasteiger partial charge on any atom is -0.492 e. The van der Waals surface area contributed by atoms with Crippen molar-refractivity contribution in [1.29, 1.82) is 0 Å². The summed E-state index contributed by atoms with van der Waals surface area (Å²) in [6, 6.07) is 13.6. The van der Waals surface area contributed by atoms with Crippen molar-refractivity contribution in [3.05, 3.63) is 64.9 Å². The van der Waals surface area contributed by atoms with E-state index in [1.54, 1.807) is 6.07 Å². The fourth-order valence-corrected chi connectivity index (χ4v) is 1.96. The van der Waals surface area contributed by atoms with Gasteiger partial charge in [0.1, 0.15) is 18.2 Å². The van der Waals surface area contributed by atoms with Gasteiger partial charge in [-0.3, -0.25) is 0 Å². The zero-order valence-electron chi connectivity index (χ0n) is 10.4. The second kappa shape index (κ2) is 6.55. The molecule has 2 rings (SSSR count). The standard InChI is InChI=1S/C15H15ClFNO/c16-12-6-7-15(17)11(8-12)9-13(18)10-19-14-4-2-1-3-5-14/h1-8,13H,9-10,18H2. The summed E-state index contributed by atoms with van der Waals surface area (Å²) >= 11 is 5.83. The molecule has 2 aromatic rings. The Labute approximate surface area is 117 Å². The average molecular weight is 280 g/mol. The predicted octanol–water partition coefficient (Wildman–Crippen LogP) is 3.43. The van der Waals surface area contributed by atoms with Crippen molar-refractivity contribution in [2.24, 2.45) is 5.73 Å². The van der Waals surface area contributed by atoms with Crippen molar-refractivity contribution < 1.29 is 9.13 Å². The van der Waals surface area contributed by atoms with Crippen molar-refractivity contribution in [1.82, 2.24) is 0 Å². The summed E-state index contributed by atoms with van der Waals surface area (Å²) in [5.41, 5.74) is 6.45. The van der Waals surface area contributed by atoms with E-state index >= 15 is 0 Å². The molecule has 0 aliphatic carbocycles. The van der Waals surface area contributed by atoms with Crippen LogP contribution in [-0.4, -0.2) is 12.6 Å². The quantitative estimate of drug-likeness (QED) is 0.910. The van der Waals surface area contributed by atoms with Crippen LogP contribution in [-0.2, 0) is 6.42 Å². The Morgan fingerprint density at radius 2 is 1.89 bits per heavy atom. The maximum Gasteiger partial charge on any atom is 0.126 e. The van der Waals surface area contributed by atoms with Crippen LogP contribution in [0.15, 0.2) is 48.5 Å². The minimum absolute atomic E-state index is 0.284. The minimum atomic E-state index is -0.292. The van der Waals surface area contributed by atoms with Gasteiger partial charge >= 0.3 is 0 Å². The summed E-state index contributed by atoms with van der Waals surface area (Å²) < 4.78 is 19.1. The van der Waals surface area contributed by atoms with Gasteiger partial charge in [0.2, 0.25) is 0 Å². The fourth-order valence-electron chi connectivity index (χ4n) is 1.76. The van der Waals surface area contributed by atoms with Gasteiger partial charge in [-0.05, 0) is 42.3 Å². The third-order valence-electron chi connectivity index (χ3n) is 2.70. The molecule has 0 amide bonds. The first kappa shape index (κ1) is 13.8. The molecule has 0 saturated heterocycles. The average Bonchev–Trinajstić information content (AvgIpc) is 2.42. The largest absolute Gasteiger partial charge is 0.492 e. The number of halogens is 2. The third-order valence-corrected chi connectivity index (χ3v) is 2.93.